The molecule has 0 aliphatic carbocycles. The monoisotopic (exact) mass is 448 g/mol. The average Bonchev–Trinajstić information content (AvgIpc) is 2.99. The highest BCUT2D eigenvalue weighted by Gasteiger charge is 2.42. The van der Waals surface area contributed by atoms with Gasteiger partial charge in [0.2, 0.25) is 14.2 Å². The number of hydrogen-bond acceptors (Lipinski definition) is 5. The van der Waals surface area contributed by atoms with Crippen LogP contribution in [-0.4, -0.2) is 43.6 Å². The fraction of sp³-hybridized carbons (Fsp3) is 0.609. The van der Waals surface area contributed by atoms with Crippen molar-refractivity contribution in [1.82, 2.24) is 4.90 Å². The number of primary amides is 1. The summed E-state index contributed by atoms with van der Waals surface area (Å²) >= 11 is 0. The molecule has 1 aromatic rings. The number of nitrogens with two attached hydrogens (primary N) is 1. The van der Waals surface area contributed by atoms with Crippen molar-refractivity contribution >= 4 is 26.1 Å². The van der Waals surface area contributed by atoms with E-state index >= 15 is 0 Å². The predicted octanol–water partition coefficient (Wildman–Crippen LogP) is 4.00. The number of hydrogen-bond donors (Lipinski definition) is 1. The number of nitrogens with zero attached hydrogens (tertiary/aromatic N) is 1. The SMILES string of the molecule is CCCCOC(=O)CC[C@@H](C(N)=O)N1Cc2c(O[Si](C)(C)C(C)(C)C)cccc2C1=O. The third-order valence-electron chi connectivity index (χ3n) is 6.21. The third-order valence-corrected chi connectivity index (χ3v) is 10.6. The first-order valence-corrected chi connectivity index (χ1v) is 13.9. The highest BCUT2D eigenvalue weighted by Crippen LogP contribution is 2.40. The second-order valence-electron chi connectivity index (χ2n) is 9.61. The Morgan fingerprint density at radius 1 is 1.26 bits per heavy atom. The number of rotatable bonds is 10. The summed E-state index contributed by atoms with van der Waals surface area (Å²) in [5.41, 5.74) is 6.90. The predicted molar refractivity (Wildman–Crippen MR) is 122 cm³/mol. The van der Waals surface area contributed by atoms with E-state index in [1.54, 1.807) is 12.1 Å². The van der Waals surface area contributed by atoms with Gasteiger partial charge in [-0.15, -0.1) is 0 Å². The minimum atomic E-state index is -2.11. The van der Waals surface area contributed by atoms with Gasteiger partial charge < -0.3 is 19.8 Å². The Morgan fingerprint density at radius 3 is 2.52 bits per heavy atom. The Hall–Kier alpha value is -2.35. The van der Waals surface area contributed by atoms with Crippen LogP contribution in [0.15, 0.2) is 18.2 Å². The van der Waals surface area contributed by atoms with Crippen molar-refractivity contribution in [2.45, 2.75) is 84.1 Å². The van der Waals surface area contributed by atoms with Crippen LogP contribution in [0, 0.1) is 0 Å². The molecular weight excluding hydrogens is 412 g/mol. The summed E-state index contributed by atoms with van der Waals surface area (Å²) in [6, 6.07) is 4.54. The Balaban J connectivity index is 2.18. The van der Waals surface area contributed by atoms with Crippen molar-refractivity contribution in [1.29, 1.82) is 0 Å². The van der Waals surface area contributed by atoms with Crippen molar-refractivity contribution in [3.63, 3.8) is 0 Å². The van der Waals surface area contributed by atoms with Crippen molar-refractivity contribution in [2.75, 3.05) is 6.61 Å². The van der Waals surface area contributed by atoms with Gasteiger partial charge in [0.05, 0.1) is 13.2 Å². The lowest BCUT2D eigenvalue weighted by molar-refractivity contribution is -0.144. The van der Waals surface area contributed by atoms with Gasteiger partial charge in [0.1, 0.15) is 11.8 Å². The van der Waals surface area contributed by atoms with Crippen LogP contribution >= 0.6 is 0 Å². The standard InChI is InChI=1S/C23H36N2O5Si/c1-7-8-14-29-20(26)13-12-18(21(24)27)25-15-17-16(22(25)28)10-9-11-19(17)30-31(5,6)23(2,3)4/h9-11,18H,7-8,12-15H2,1-6H3,(H2,24,27)/t18-/m0/s1. The van der Waals surface area contributed by atoms with Crippen molar-refractivity contribution in [3.8, 4) is 5.75 Å². The molecule has 172 valence electrons. The van der Waals surface area contributed by atoms with E-state index in [9.17, 15) is 14.4 Å². The van der Waals surface area contributed by atoms with Gasteiger partial charge in [-0.25, -0.2) is 0 Å². The van der Waals surface area contributed by atoms with Crippen LogP contribution in [-0.2, 0) is 20.9 Å². The van der Waals surface area contributed by atoms with E-state index < -0.39 is 20.3 Å². The topological polar surface area (TPSA) is 98.9 Å². The van der Waals surface area contributed by atoms with E-state index in [0.717, 1.165) is 18.4 Å². The number of fused-ring (bicyclic) bond motifs is 1. The van der Waals surface area contributed by atoms with Crippen molar-refractivity contribution in [3.05, 3.63) is 29.3 Å². The molecule has 0 fully saturated rings. The zero-order valence-electron chi connectivity index (χ0n) is 19.6. The molecule has 8 heteroatoms. The summed E-state index contributed by atoms with van der Waals surface area (Å²) in [5, 5.41) is 0.00588. The molecule has 1 aliphatic heterocycles. The molecule has 0 saturated heterocycles. The van der Waals surface area contributed by atoms with Crippen molar-refractivity contribution < 1.29 is 23.5 Å². The molecule has 1 aromatic carbocycles. The van der Waals surface area contributed by atoms with E-state index in [-0.39, 0.29) is 36.3 Å². The van der Waals surface area contributed by atoms with Gasteiger partial charge in [0.25, 0.3) is 5.91 Å². The molecule has 0 unspecified atom stereocenters. The maximum Gasteiger partial charge on any atom is 0.305 e. The maximum absolute atomic E-state index is 13.1. The van der Waals surface area contributed by atoms with Crippen LogP contribution in [0.1, 0.15) is 69.3 Å². The first-order chi connectivity index (χ1) is 14.4. The highest BCUT2D eigenvalue weighted by molar-refractivity contribution is 6.74. The molecule has 0 radical (unpaired) electrons. The molecule has 2 N–H and O–H groups in total. The molecule has 7 nitrogen and oxygen atoms in total. The quantitative estimate of drug-likeness (QED) is 0.331. The van der Waals surface area contributed by atoms with Crippen LogP contribution in [0.25, 0.3) is 0 Å². The second kappa shape index (κ2) is 9.85. The van der Waals surface area contributed by atoms with E-state index in [0.29, 0.717) is 17.9 Å². The van der Waals surface area contributed by atoms with Crippen LogP contribution in [0.4, 0.5) is 0 Å². The van der Waals surface area contributed by atoms with Crippen LogP contribution in [0.2, 0.25) is 18.1 Å². The molecule has 31 heavy (non-hydrogen) atoms. The zero-order chi connectivity index (χ0) is 23.4. The molecule has 0 bridgehead atoms. The molecule has 1 heterocycles. The summed E-state index contributed by atoms with van der Waals surface area (Å²) in [4.78, 5) is 38.6. The van der Waals surface area contributed by atoms with E-state index in [4.69, 9.17) is 14.9 Å². The molecule has 2 rings (SSSR count). The summed E-state index contributed by atoms with van der Waals surface area (Å²) < 4.78 is 11.6. The molecule has 0 spiro atoms. The van der Waals surface area contributed by atoms with Crippen LogP contribution in [0.5, 0.6) is 5.75 Å². The van der Waals surface area contributed by atoms with Gasteiger partial charge in [-0.1, -0.05) is 40.2 Å². The van der Waals surface area contributed by atoms with E-state index in [1.165, 1.54) is 4.90 Å². The number of amides is 2. The first kappa shape index (κ1) is 24.9. The minimum Gasteiger partial charge on any atom is -0.543 e. The lowest BCUT2D eigenvalue weighted by Gasteiger charge is -2.37. The molecule has 1 aliphatic rings. The maximum atomic E-state index is 13.1. The molecule has 0 aromatic heterocycles. The summed E-state index contributed by atoms with van der Waals surface area (Å²) in [5.74, 6) is -0.596. The Kier molecular flexibility index (Phi) is 7.91. The largest absolute Gasteiger partial charge is 0.543 e. The third kappa shape index (κ3) is 5.87. The summed E-state index contributed by atoms with van der Waals surface area (Å²) in [7, 11) is -2.11. The lowest BCUT2D eigenvalue weighted by Crippen LogP contribution is -2.45. The van der Waals surface area contributed by atoms with E-state index in [1.807, 2.05) is 13.0 Å². The Bertz CT molecular complexity index is 832. The Labute approximate surface area is 186 Å². The van der Waals surface area contributed by atoms with Gasteiger partial charge >= 0.3 is 5.97 Å². The van der Waals surface area contributed by atoms with Gasteiger partial charge in [-0.3, -0.25) is 14.4 Å². The number of carbonyl (C=O) groups is 3. The van der Waals surface area contributed by atoms with E-state index in [2.05, 4.69) is 33.9 Å². The van der Waals surface area contributed by atoms with Gasteiger partial charge in [0.15, 0.2) is 0 Å². The van der Waals surface area contributed by atoms with Crippen LogP contribution in [0.3, 0.4) is 0 Å². The second-order valence-corrected chi connectivity index (χ2v) is 14.3. The van der Waals surface area contributed by atoms with Gasteiger partial charge in [-0.2, -0.15) is 0 Å². The first-order valence-electron chi connectivity index (χ1n) is 11.0. The van der Waals surface area contributed by atoms with Crippen molar-refractivity contribution in [2.24, 2.45) is 5.73 Å². The molecule has 0 saturated carbocycles. The smallest absolute Gasteiger partial charge is 0.305 e. The summed E-state index contributed by atoms with van der Waals surface area (Å²) in [6.45, 7) is 13.4. The number of esters is 1. The average molecular weight is 449 g/mol. The summed E-state index contributed by atoms with van der Waals surface area (Å²) in [6.07, 6.45) is 1.89. The molecular formula is C23H36N2O5Si. The molecule has 1 atom stereocenters. The van der Waals surface area contributed by atoms with Crippen LogP contribution < -0.4 is 10.2 Å². The fourth-order valence-electron chi connectivity index (χ4n) is 3.21. The fourth-order valence-corrected chi connectivity index (χ4v) is 4.26. The number of unbranched alkanes of at least 4 members (excludes halogenated alkanes) is 1. The van der Waals surface area contributed by atoms with Gasteiger partial charge in [-0.05, 0) is 43.1 Å². The Morgan fingerprint density at radius 2 is 1.94 bits per heavy atom. The lowest BCUT2D eigenvalue weighted by atomic mass is 10.1. The number of ether oxygens (including phenoxy) is 1. The zero-order valence-corrected chi connectivity index (χ0v) is 20.6. The molecule has 2 amide bonds. The van der Waals surface area contributed by atoms with Gasteiger partial charge in [0, 0.05) is 17.5 Å². The highest BCUT2D eigenvalue weighted by atomic mass is 28.4. The number of benzene rings is 1. The number of carbonyl (C=O) groups excluding carboxylic acids is 3. The minimum absolute atomic E-state index is 0.00588. The normalized spacial score (nSPS) is 14.9.